The zero-order valence-electron chi connectivity index (χ0n) is 4.52. The van der Waals surface area contributed by atoms with Crippen LogP contribution in [0.2, 0.25) is 0 Å². The fourth-order valence-electron chi connectivity index (χ4n) is 0.161. The van der Waals surface area contributed by atoms with E-state index in [9.17, 15) is 30.7 Å². The highest BCUT2D eigenvalue weighted by Gasteiger charge is 2.72. The van der Waals surface area contributed by atoms with Crippen LogP contribution in [0.4, 0.5) is 30.7 Å². The summed E-state index contributed by atoms with van der Waals surface area (Å²) >= 11 is 3.57. The minimum absolute atomic E-state index is 3.57. The highest BCUT2D eigenvalue weighted by atomic mass is 35.5. The van der Waals surface area contributed by atoms with Gasteiger partial charge in [0.25, 0.3) is 0 Å². The molecule has 0 saturated carbocycles. The lowest BCUT2D eigenvalue weighted by Crippen LogP contribution is -2.48. The minimum Gasteiger partial charge on any atom is -0.205 e. The van der Waals surface area contributed by atoms with Crippen molar-refractivity contribution in [1.82, 2.24) is 0 Å². The molecule has 0 aliphatic rings. The molecule has 0 aliphatic carbocycles. The summed E-state index contributed by atoms with van der Waals surface area (Å²) in [5.41, 5.74) is 0. The van der Waals surface area contributed by atoms with Gasteiger partial charge in [-0.1, -0.05) is 11.6 Å². The second-order valence-electron chi connectivity index (χ2n) is 1.57. The molecule has 0 bridgehead atoms. The fraction of sp³-hybridized carbons (Fsp3) is 1.00. The second-order valence-corrected chi connectivity index (χ2v) is 2.09. The van der Waals surface area contributed by atoms with E-state index in [1.54, 1.807) is 0 Å². The van der Waals surface area contributed by atoms with Crippen LogP contribution >= 0.6 is 11.6 Å². The molecule has 0 amide bonds. The summed E-state index contributed by atoms with van der Waals surface area (Å²) in [5.74, 6) is 0. The zero-order chi connectivity index (χ0) is 9.50. The molecule has 0 fully saturated rings. The van der Waals surface area contributed by atoms with Crippen molar-refractivity contribution in [3.8, 4) is 0 Å². The predicted octanol–water partition coefficient (Wildman–Crippen LogP) is 3.02. The minimum atomic E-state index is -6.15. The molecule has 0 aliphatic heterocycles. The van der Waals surface area contributed by atoms with Gasteiger partial charge in [-0.2, -0.15) is 26.3 Å². The van der Waals surface area contributed by atoms with E-state index in [0.717, 1.165) is 0 Å². The van der Waals surface area contributed by atoms with Gasteiger partial charge in [0.15, 0.2) is 0 Å². The first-order valence-corrected chi connectivity index (χ1v) is 2.39. The number of rotatable bonds is 0. The summed E-state index contributed by atoms with van der Waals surface area (Å²) in [6, 6.07) is 0. The normalized spacial score (nSPS) is 15.3. The van der Waals surface area contributed by atoms with Gasteiger partial charge >= 0.3 is 17.5 Å². The molecule has 0 unspecified atom stereocenters. The molecule has 0 nitrogen and oxygen atoms in total. The average Bonchev–Trinajstić information content (AvgIpc) is 1.58. The van der Waals surface area contributed by atoms with Gasteiger partial charge in [-0.05, 0) is 0 Å². The molecule has 0 aromatic carbocycles. The van der Waals surface area contributed by atoms with E-state index < -0.39 is 17.5 Å². The second kappa shape index (κ2) is 2.40. The zero-order valence-corrected chi connectivity index (χ0v) is 5.28. The van der Waals surface area contributed by atoms with Crippen molar-refractivity contribution >= 4 is 11.6 Å². The first-order chi connectivity index (χ1) is 4.50. The Balaban J connectivity index is 4.75. The molecule has 0 saturated heterocycles. The molecule has 0 spiro atoms. The van der Waals surface area contributed by atoms with Crippen molar-refractivity contribution in [3.05, 3.63) is 0 Å². The Hall–Kier alpha value is -0.200. The highest BCUT2D eigenvalue weighted by molar-refractivity contribution is 6.24. The first-order valence-electron chi connectivity index (χ1n) is 2.01. The summed E-state index contributed by atoms with van der Waals surface area (Å²) < 4.78 is 78.2. The number of hydrogen-bond acceptors (Lipinski definition) is 0. The molecule has 0 N–H and O–H groups in total. The van der Waals surface area contributed by atoms with Gasteiger partial charge in [0.05, 0.1) is 0 Å². The van der Waals surface area contributed by atoms with Gasteiger partial charge in [-0.3, -0.25) is 0 Å². The van der Waals surface area contributed by atoms with Crippen LogP contribution in [0, 0.1) is 0 Å². The molecule has 0 rings (SSSR count). The predicted molar refractivity (Wildman–Crippen MR) is 21.8 cm³/mol. The van der Waals surface area contributed by atoms with Crippen LogP contribution in [0.15, 0.2) is 0 Å². The van der Waals surface area contributed by atoms with Crippen LogP contribution in [-0.4, -0.2) is 17.5 Å². The van der Waals surface area contributed by atoms with Crippen LogP contribution in [0.1, 0.15) is 0 Å². The van der Waals surface area contributed by atoms with Gasteiger partial charge in [-0.15, -0.1) is 0 Å². The largest absolute Gasteiger partial charge is 0.446 e. The molecule has 8 heteroatoms. The molecule has 0 aromatic rings. The van der Waals surface area contributed by atoms with E-state index in [4.69, 9.17) is 0 Å². The lowest BCUT2D eigenvalue weighted by Gasteiger charge is -2.23. The van der Waals surface area contributed by atoms with Crippen LogP contribution < -0.4 is 0 Å². The molecule has 68 valence electrons. The van der Waals surface area contributed by atoms with Crippen molar-refractivity contribution in [1.29, 1.82) is 0 Å². The van der Waals surface area contributed by atoms with Gasteiger partial charge in [0.2, 0.25) is 0 Å². The molecule has 0 atom stereocenters. The van der Waals surface area contributed by atoms with Crippen molar-refractivity contribution in [2.24, 2.45) is 0 Å². The van der Waals surface area contributed by atoms with Crippen molar-refractivity contribution in [3.63, 3.8) is 0 Å². The monoisotopic (exact) mass is 204 g/mol. The van der Waals surface area contributed by atoms with Crippen LogP contribution in [0.5, 0.6) is 0 Å². The summed E-state index contributed by atoms with van der Waals surface area (Å²) in [6.07, 6.45) is -12.3. The Morgan fingerprint density at radius 1 is 0.636 bits per heavy atom. The van der Waals surface area contributed by atoms with E-state index >= 15 is 0 Å². The molecular formula is C3ClF7. The summed E-state index contributed by atoms with van der Waals surface area (Å²) in [5, 5.41) is -5.65. The van der Waals surface area contributed by atoms with Gasteiger partial charge in [-0.25, -0.2) is 4.39 Å². The Kier molecular flexibility index (Phi) is 2.35. The fourth-order valence-corrected chi connectivity index (χ4v) is 0.161. The van der Waals surface area contributed by atoms with E-state index in [0.29, 0.717) is 0 Å². The summed E-state index contributed by atoms with van der Waals surface area (Å²) in [6.45, 7) is 0. The molecular weight excluding hydrogens is 204 g/mol. The van der Waals surface area contributed by atoms with E-state index in [2.05, 4.69) is 11.6 Å². The molecule has 0 radical (unpaired) electrons. The van der Waals surface area contributed by atoms with E-state index in [1.807, 2.05) is 0 Å². The third-order valence-electron chi connectivity index (χ3n) is 0.712. The van der Waals surface area contributed by atoms with Crippen molar-refractivity contribution in [2.75, 3.05) is 0 Å². The van der Waals surface area contributed by atoms with Crippen molar-refractivity contribution < 1.29 is 30.7 Å². The van der Waals surface area contributed by atoms with Gasteiger partial charge < -0.3 is 0 Å². The topological polar surface area (TPSA) is 0 Å². The van der Waals surface area contributed by atoms with Crippen LogP contribution in [0.25, 0.3) is 0 Å². The summed E-state index contributed by atoms with van der Waals surface area (Å²) in [7, 11) is 0. The van der Waals surface area contributed by atoms with Crippen molar-refractivity contribution in [2.45, 2.75) is 17.5 Å². The Labute approximate surface area is 60.9 Å². The standard InChI is InChI=1S/C3ClF7/c4-1(5,2(6,7)8)3(9,10)11. The average molecular weight is 204 g/mol. The Morgan fingerprint density at radius 3 is 0.818 bits per heavy atom. The molecule has 0 heterocycles. The smallest absolute Gasteiger partial charge is 0.205 e. The third-order valence-corrected chi connectivity index (χ3v) is 1.14. The maximum atomic E-state index is 11.6. The number of halogens is 8. The number of alkyl halides is 8. The number of hydrogen-bond donors (Lipinski definition) is 0. The van der Waals surface area contributed by atoms with Crippen LogP contribution in [0.3, 0.4) is 0 Å². The maximum Gasteiger partial charge on any atom is 0.446 e. The SMILES string of the molecule is FC(F)(F)C(F)(Cl)C(F)(F)F. The first kappa shape index (κ1) is 10.8. The van der Waals surface area contributed by atoms with E-state index in [1.165, 1.54) is 0 Å². The Bertz CT molecular complexity index is 125. The van der Waals surface area contributed by atoms with Crippen LogP contribution in [-0.2, 0) is 0 Å². The summed E-state index contributed by atoms with van der Waals surface area (Å²) in [4.78, 5) is 0. The highest BCUT2D eigenvalue weighted by Crippen LogP contribution is 2.48. The molecule has 11 heavy (non-hydrogen) atoms. The van der Waals surface area contributed by atoms with E-state index in [-0.39, 0.29) is 0 Å². The lowest BCUT2D eigenvalue weighted by molar-refractivity contribution is -0.306. The van der Waals surface area contributed by atoms with Gasteiger partial charge in [0, 0.05) is 0 Å². The third kappa shape index (κ3) is 1.88. The Morgan fingerprint density at radius 2 is 0.818 bits per heavy atom. The lowest BCUT2D eigenvalue weighted by atomic mass is 10.3. The molecule has 0 aromatic heterocycles. The van der Waals surface area contributed by atoms with Gasteiger partial charge in [0.1, 0.15) is 0 Å². The maximum absolute atomic E-state index is 11.6. The quantitative estimate of drug-likeness (QED) is 0.420.